The van der Waals surface area contributed by atoms with E-state index < -0.39 is 21.0 Å². The van der Waals surface area contributed by atoms with Crippen LogP contribution in [-0.4, -0.2) is 67.9 Å². The van der Waals surface area contributed by atoms with Crippen molar-refractivity contribution in [3.8, 4) is 5.75 Å². The van der Waals surface area contributed by atoms with Crippen molar-refractivity contribution in [2.45, 2.75) is 72.6 Å². The quantitative estimate of drug-likeness (QED) is 0.251. The highest BCUT2D eigenvalue weighted by molar-refractivity contribution is 7.91. The Balaban J connectivity index is 1.51. The first-order valence-corrected chi connectivity index (χ1v) is 17.2. The highest BCUT2D eigenvalue weighted by Crippen LogP contribution is 2.38. The Morgan fingerprint density at radius 1 is 1.03 bits per heavy atom. The summed E-state index contributed by atoms with van der Waals surface area (Å²) in [6.45, 7) is 6.57. The molecule has 0 saturated carbocycles. The second kappa shape index (κ2) is 12.5. The number of hydrogen-bond acceptors (Lipinski definition) is 7. The summed E-state index contributed by atoms with van der Waals surface area (Å²) in [7, 11) is -3.87. The van der Waals surface area contributed by atoms with E-state index in [0.29, 0.717) is 34.5 Å². The van der Waals surface area contributed by atoms with E-state index in [1.54, 1.807) is 30.5 Å². The van der Waals surface area contributed by atoms with Gasteiger partial charge in [0.25, 0.3) is 0 Å². The summed E-state index contributed by atoms with van der Waals surface area (Å²) in [6.07, 6.45) is 10.9. The van der Waals surface area contributed by atoms with Crippen LogP contribution in [0.15, 0.2) is 63.3 Å². The Kier molecular flexibility index (Phi) is 9.01. The lowest BCUT2D eigenvalue weighted by atomic mass is 9.99. The van der Waals surface area contributed by atoms with E-state index in [9.17, 15) is 13.0 Å². The fourth-order valence-electron chi connectivity index (χ4n) is 5.76. The predicted octanol–water partition coefficient (Wildman–Crippen LogP) is 5.44. The second-order valence-corrected chi connectivity index (χ2v) is 13.9. The van der Waals surface area contributed by atoms with Gasteiger partial charge in [0.05, 0.1) is 22.7 Å². The van der Waals surface area contributed by atoms with E-state index in [2.05, 4.69) is 21.7 Å². The summed E-state index contributed by atoms with van der Waals surface area (Å²) in [5.74, 6) is 0.661. The van der Waals surface area contributed by atoms with E-state index in [1.807, 2.05) is 18.2 Å². The third-order valence-electron chi connectivity index (χ3n) is 7.99. The molecule has 2 aliphatic rings. The van der Waals surface area contributed by atoms with Gasteiger partial charge in [-0.25, -0.2) is 8.42 Å². The molecule has 7 nitrogen and oxygen atoms in total. The summed E-state index contributed by atoms with van der Waals surface area (Å²) < 4.78 is 46.2. The number of rotatable bonds is 9. The van der Waals surface area contributed by atoms with Crippen LogP contribution in [0.1, 0.15) is 51.9 Å². The predicted molar refractivity (Wildman–Crippen MR) is 157 cm³/mol. The van der Waals surface area contributed by atoms with Gasteiger partial charge in [-0.1, -0.05) is 19.8 Å². The van der Waals surface area contributed by atoms with E-state index in [-0.39, 0.29) is 9.79 Å². The Bertz CT molecular complexity index is 1360. The summed E-state index contributed by atoms with van der Waals surface area (Å²) >= 11 is -1.19. The molecule has 0 spiro atoms. The molecule has 2 aliphatic heterocycles. The van der Waals surface area contributed by atoms with E-state index in [4.69, 9.17) is 4.74 Å². The number of likely N-dealkylation sites (tertiary alicyclic amines) is 1. The molecule has 2 fully saturated rings. The van der Waals surface area contributed by atoms with Gasteiger partial charge in [0.2, 0.25) is 9.84 Å². The lowest BCUT2D eigenvalue weighted by molar-refractivity contribution is 0.141. The number of pyridine rings is 1. The molecule has 1 atom stereocenters. The van der Waals surface area contributed by atoms with E-state index in [1.165, 1.54) is 25.5 Å². The zero-order chi connectivity index (χ0) is 27.4. The number of benzene rings is 2. The molecule has 0 amide bonds. The number of unbranched alkanes of at least 4 members (excludes halogenated alkanes) is 1. The summed E-state index contributed by atoms with van der Waals surface area (Å²) in [6, 6.07) is 12.7. The van der Waals surface area contributed by atoms with Gasteiger partial charge in [-0.15, -0.1) is 0 Å². The largest absolute Gasteiger partial charge is 0.612 e. The molecule has 0 aliphatic carbocycles. The number of piperidine rings is 2. The monoisotopic (exact) mass is 569 g/mol. The van der Waals surface area contributed by atoms with Crippen LogP contribution in [0.3, 0.4) is 0 Å². The molecule has 0 N–H and O–H groups in total. The van der Waals surface area contributed by atoms with Crippen LogP contribution < -0.4 is 9.64 Å². The van der Waals surface area contributed by atoms with Crippen molar-refractivity contribution in [3.05, 3.63) is 48.7 Å². The Morgan fingerprint density at radius 3 is 2.41 bits per heavy atom. The van der Waals surface area contributed by atoms with Gasteiger partial charge in [0.15, 0.2) is 4.90 Å². The maximum absolute atomic E-state index is 14.1. The average molecular weight is 570 g/mol. The van der Waals surface area contributed by atoms with Crippen molar-refractivity contribution in [3.63, 3.8) is 0 Å². The molecular weight excluding hydrogens is 530 g/mol. The van der Waals surface area contributed by atoms with Gasteiger partial charge in [-0.2, -0.15) is 0 Å². The Morgan fingerprint density at radius 2 is 1.74 bits per heavy atom. The van der Waals surface area contributed by atoms with Crippen LogP contribution in [0.5, 0.6) is 5.75 Å². The fraction of sp³-hybridized carbons (Fsp3) is 0.500. The topological polar surface area (TPSA) is 85.8 Å². The Labute approximate surface area is 235 Å². The molecule has 1 unspecified atom stereocenters. The molecule has 3 aromatic rings. The minimum Gasteiger partial charge on any atom is -0.612 e. The normalized spacial score (nSPS) is 18.4. The first kappa shape index (κ1) is 28.2. The molecule has 2 aromatic carbocycles. The smallest absolute Gasteiger partial charge is 0.210 e. The molecule has 1 aromatic heterocycles. The van der Waals surface area contributed by atoms with E-state index in [0.717, 1.165) is 57.2 Å². The molecule has 210 valence electrons. The van der Waals surface area contributed by atoms with Crippen LogP contribution in [-0.2, 0) is 21.0 Å². The van der Waals surface area contributed by atoms with Crippen molar-refractivity contribution in [1.29, 1.82) is 0 Å². The summed E-state index contributed by atoms with van der Waals surface area (Å²) in [4.78, 5) is 10.5. The highest BCUT2D eigenvalue weighted by atomic mass is 32.2. The number of ether oxygens (including phenoxy) is 1. The number of hydrogen-bond donors (Lipinski definition) is 0. The number of sulfone groups is 1. The van der Waals surface area contributed by atoms with Crippen molar-refractivity contribution >= 4 is 37.6 Å². The molecule has 3 heterocycles. The molecule has 0 bridgehead atoms. The number of anilines is 1. The third-order valence-corrected chi connectivity index (χ3v) is 10.7. The maximum Gasteiger partial charge on any atom is 0.210 e. The number of nitrogens with zero attached hydrogens (tertiary/aromatic N) is 3. The van der Waals surface area contributed by atoms with Gasteiger partial charge < -0.3 is 19.1 Å². The lowest BCUT2D eigenvalue weighted by Crippen LogP contribution is -2.47. The number of fused-ring (bicyclic) bond motifs is 1. The molecule has 39 heavy (non-hydrogen) atoms. The molecule has 9 heteroatoms. The van der Waals surface area contributed by atoms with Gasteiger partial charge in [-0.3, -0.25) is 4.98 Å². The van der Waals surface area contributed by atoms with Crippen molar-refractivity contribution < 1.29 is 17.7 Å². The van der Waals surface area contributed by atoms with Crippen molar-refractivity contribution in [1.82, 2.24) is 9.88 Å². The lowest BCUT2D eigenvalue weighted by Gasteiger charge is -2.41. The van der Waals surface area contributed by atoms with Crippen LogP contribution in [0, 0.1) is 0 Å². The standard InChI is InChI=1S/C30H39N3O4S2/c1-3-4-20-37-24-8-11-26(12-9-24)39(35,36)29-22-31-28-13-10-25(38(2)34)21-27(28)30(29)33-18-14-23(15-19-33)32-16-6-5-7-17-32/h8-13,21-23H,3-7,14-20H2,1-2H3. The summed E-state index contributed by atoms with van der Waals surface area (Å²) in [5.41, 5.74) is 1.38. The van der Waals surface area contributed by atoms with Gasteiger partial charge >= 0.3 is 0 Å². The highest BCUT2D eigenvalue weighted by Gasteiger charge is 2.31. The fourth-order valence-corrected chi connectivity index (χ4v) is 7.73. The molecule has 0 radical (unpaired) electrons. The van der Waals surface area contributed by atoms with Crippen molar-refractivity contribution in [2.24, 2.45) is 0 Å². The average Bonchev–Trinajstić information content (AvgIpc) is 2.97. The zero-order valence-corrected chi connectivity index (χ0v) is 24.6. The zero-order valence-electron chi connectivity index (χ0n) is 23.0. The molecule has 2 saturated heterocycles. The first-order valence-electron chi connectivity index (χ1n) is 14.1. The summed E-state index contributed by atoms with van der Waals surface area (Å²) in [5, 5.41) is 0.736. The minimum atomic E-state index is -3.87. The second-order valence-electron chi connectivity index (χ2n) is 10.6. The van der Waals surface area contributed by atoms with Crippen LogP contribution >= 0.6 is 0 Å². The SMILES string of the molecule is CCCCOc1ccc(S(=O)(=O)c2cnc3ccc([S+](C)[O-])cc3c2N2CCC(N3CCCCC3)CC2)cc1. The van der Waals surface area contributed by atoms with Crippen LogP contribution in [0.2, 0.25) is 0 Å². The van der Waals surface area contributed by atoms with Crippen LogP contribution in [0.4, 0.5) is 5.69 Å². The molecule has 5 rings (SSSR count). The van der Waals surface area contributed by atoms with Gasteiger partial charge in [0, 0.05) is 36.8 Å². The van der Waals surface area contributed by atoms with Gasteiger partial charge in [-0.05, 0) is 92.8 Å². The van der Waals surface area contributed by atoms with Crippen LogP contribution in [0.25, 0.3) is 10.9 Å². The van der Waals surface area contributed by atoms with Gasteiger partial charge in [0.1, 0.15) is 16.9 Å². The van der Waals surface area contributed by atoms with Crippen molar-refractivity contribution in [2.75, 3.05) is 43.9 Å². The minimum absolute atomic E-state index is 0.199. The maximum atomic E-state index is 14.1. The first-order chi connectivity index (χ1) is 18.9. The third kappa shape index (κ3) is 6.21. The van der Waals surface area contributed by atoms with E-state index >= 15 is 0 Å². The Hall–Kier alpha value is -2.33. The molecular formula is C30H39N3O4S2. The number of aromatic nitrogens is 1.